The van der Waals surface area contributed by atoms with Crippen LogP contribution >= 0.6 is 0 Å². The van der Waals surface area contributed by atoms with Crippen molar-refractivity contribution in [2.75, 3.05) is 0 Å². The Morgan fingerprint density at radius 2 is 2.11 bits per heavy atom. The van der Waals surface area contributed by atoms with Gasteiger partial charge in [-0.1, -0.05) is 18.2 Å². The van der Waals surface area contributed by atoms with E-state index in [9.17, 15) is 14.0 Å². The molecule has 0 bridgehead atoms. The number of aliphatic carboxylic acids is 1. The number of nitrogens with two attached hydrogens (primary N) is 1. The minimum Gasteiger partial charge on any atom is -0.481 e. The number of amides is 1. The van der Waals surface area contributed by atoms with Gasteiger partial charge < -0.3 is 10.8 Å². The van der Waals surface area contributed by atoms with E-state index in [2.05, 4.69) is 4.99 Å². The minimum atomic E-state index is -0.826. The van der Waals surface area contributed by atoms with E-state index < -0.39 is 11.9 Å². The van der Waals surface area contributed by atoms with Crippen LogP contribution in [-0.2, 0) is 9.59 Å². The molecule has 1 aliphatic heterocycles. The van der Waals surface area contributed by atoms with E-state index in [1.54, 1.807) is 25.2 Å². The van der Waals surface area contributed by atoms with E-state index >= 15 is 0 Å². The summed E-state index contributed by atoms with van der Waals surface area (Å²) in [5, 5.41) is 8.77. The molecule has 0 radical (unpaired) electrons. The van der Waals surface area contributed by atoms with Gasteiger partial charge in [0.2, 0.25) is 5.91 Å². The topological polar surface area (TPSA) is 105 Å². The number of carbonyl (C=O) groups excluding carboxylic acids is 1. The number of carboxylic acid groups (broad SMARTS) is 1. The maximum absolute atomic E-state index is 13.3. The molecule has 1 aliphatic carbocycles. The van der Waals surface area contributed by atoms with E-state index in [0.717, 1.165) is 17.1 Å². The second-order valence-corrected chi connectivity index (χ2v) is 6.38. The summed E-state index contributed by atoms with van der Waals surface area (Å²) in [6.45, 7) is 1.62. The number of aliphatic imine (C=N–C) groups is 2. The summed E-state index contributed by atoms with van der Waals surface area (Å²) in [6.07, 6.45) is 10.6. The molecule has 0 aromatic carbocycles. The number of hydrogen-bond acceptors (Lipinski definition) is 4. The molecular weight excluding hydrogens is 349 g/mol. The van der Waals surface area contributed by atoms with Crippen LogP contribution in [0.25, 0.3) is 0 Å². The molecule has 0 fully saturated rings. The number of nitrogens with zero attached hydrogens (tertiary/aromatic N) is 2. The Labute approximate surface area is 157 Å². The van der Waals surface area contributed by atoms with Gasteiger partial charge in [-0.15, -0.1) is 0 Å². The lowest BCUT2D eigenvalue weighted by Gasteiger charge is -2.25. The number of carboxylic acids is 1. The molecule has 2 rings (SSSR count). The van der Waals surface area contributed by atoms with E-state index in [1.807, 2.05) is 0 Å². The number of carbonyl (C=O) groups is 2. The van der Waals surface area contributed by atoms with Crippen LogP contribution in [0.1, 0.15) is 45.4 Å². The largest absolute Gasteiger partial charge is 0.481 e. The predicted molar refractivity (Wildman–Crippen MR) is 103 cm³/mol. The molecule has 1 heterocycles. The van der Waals surface area contributed by atoms with Crippen molar-refractivity contribution < 1.29 is 19.1 Å². The normalized spacial score (nSPS) is 19.8. The van der Waals surface area contributed by atoms with Crippen LogP contribution < -0.4 is 5.73 Å². The van der Waals surface area contributed by atoms with Crippen molar-refractivity contribution in [1.82, 2.24) is 0 Å². The van der Waals surface area contributed by atoms with E-state index in [-0.39, 0.29) is 18.3 Å². The second-order valence-electron chi connectivity index (χ2n) is 6.38. The number of rotatable bonds is 9. The molecule has 1 amide bonds. The average molecular weight is 373 g/mol. The van der Waals surface area contributed by atoms with E-state index in [0.29, 0.717) is 37.7 Å². The van der Waals surface area contributed by atoms with Gasteiger partial charge >= 0.3 is 5.97 Å². The van der Waals surface area contributed by atoms with E-state index in [1.165, 1.54) is 12.2 Å². The fraction of sp³-hybridized carbons (Fsp3) is 0.400. The zero-order valence-electron chi connectivity index (χ0n) is 15.3. The van der Waals surface area contributed by atoms with Gasteiger partial charge in [0.25, 0.3) is 0 Å². The van der Waals surface area contributed by atoms with Crippen molar-refractivity contribution in [3.8, 4) is 0 Å². The van der Waals surface area contributed by atoms with Crippen LogP contribution in [0.4, 0.5) is 4.39 Å². The lowest BCUT2D eigenvalue weighted by Crippen LogP contribution is -2.28. The van der Waals surface area contributed by atoms with Gasteiger partial charge in [0.15, 0.2) is 0 Å². The lowest BCUT2D eigenvalue weighted by atomic mass is 9.94. The first-order valence-corrected chi connectivity index (χ1v) is 8.96. The number of allylic oxidation sites excluding steroid dienone is 6. The van der Waals surface area contributed by atoms with Gasteiger partial charge in [-0.2, -0.15) is 0 Å². The quantitative estimate of drug-likeness (QED) is 0.478. The van der Waals surface area contributed by atoms with Gasteiger partial charge in [0, 0.05) is 24.8 Å². The standard InChI is InChI=1S/C20H24FN3O3/c1-2-14(21)6-5-8-16-15(7-3-4-9-19(25)26)24-18-12-13(20(22)27)10-11-17(18)23-16/h2,5-6,10-11,18H,3-4,7-9,12H2,1H3,(H2,22,27)(H,25,26)/b6-5-,14-2+. The molecule has 0 saturated carbocycles. The van der Waals surface area contributed by atoms with Gasteiger partial charge in [0.1, 0.15) is 5.83 Å². The monoisotopic (exact) mass is 373 g/mol. The van der Waals surface area contributed by atoms with Gasteiger partial charge in [-0.25, -0.2) is 4.39 Å². The SMILES string of the molecule is C/C=C(F)\C=C/CC1=NC2=CC=C(C(N)=O)CC2N=C1CCCCC(=O)O. The third kappa shape index (κ3) is 6.13. The fourth-order valence-electron chi connectivity index (χ4n) is 2.89. The molecule has 1 atom stereocenters. The van der Waals surface area contributed by atoms with E-state index in [4.69, 9.17) is 15.8 Å². The third-order valence-electron chi connectivity index (χ3n) is 4.35. The minimum absolute atomic E-state index is 0.106. The Kier molecular flexibility index (Phi) is 7.40. The van der Waals surface area contributed by atoms with Crippen LogP contribution in [0.3, 0.4) is 0 Å². The van der Waals surface area contributed by atoms with Crippen LogP contribution in [-0.4, -0.2) is 34.4 Å². The molecule has 3 N–H and O–H groups in total. The molecular formula is C20H24FN3O3. The molecule has 7 heteroatoms. The van der Waals surface area contributed by atoms with Crippen molar-refractivity contribution in [1.29, 1.82) is 0 Å². The summed E-state index contributed by atoms with van der Waals surface area (Å²) in [5.74, 6) is -1.62. The number of unbranched alkanes of at least 4 members (excludes halogenated alkanes) is 1. The van der Waals surface area contributed by atoms with Crippen LogP contribution in [0.5, 0.6) is 0 Å². The first-order chi connectivity index (χ1) is 12.9. The number of fused-ring (bicyclic) bond motifs is 1. The molecule has 1 unspecified atom stereocenters. The van der Waals surface area contributed by atoms with Crippen LogP contribution in [0.15, 0.2) is 57.5 Å². The number of hydrogen-bond donors (Lipinski definition) is 2. The molecule has 0 spiro atoms. The Balaban J connectivity index is 2.17. The molecule has 27 heavy (non-hydrogen) atoms. The van der Waals surface area contributed by atoms with Gasteiger partial charge in [-0.05, 0) is 38.3 Å². The number of primary amides is 1. The number of halogens is 1. The molecule has 144 valence electrons. The van der Waals surface area contributed by atoms with Crippen molar-refractivity contribution in [2.24, 2.45) is 15.7 Å². The van der Waals surface area contributed by atoms with Crippen molar-refractivity contribution >= 4 is 23.3 Å². The van der Waals surface area contributed by atoms with Crippen LogP contribution in [0.2, 0.25) is 0 Å². The third-order valence-corrected chi connectivity index (χ3v) is 4.35. The zero-order valence-corrected chi connectivity index (χ0v) is 15.3. The zero-order chi connectivity index (χ0) is 19.8. The molecule has 2 aliphatic rings. The summed E-state index contributed by atoms with van der Waals surface area (Å²) in [5.41, 5.74) is 8.13. The first-order valence-electron chi connectivity index (χ1n) is 8.96. The predicted octanol–water partition coefficient (Wildman–Crippen LogP) is 3.41. The Bertz CT molecular complexity index is 788. The summed E-state index contributed by atoms with van der Waals surface area (Å²) >= 11 is 0. The highest BCUT2D eigenvalue weighted by Crippen LogP contribution is 2.27. The molecule has 0 aromatic rings. The van der Waals surface area contributed by atoms with Crippen LogP contribution in [0, 0.1) is 0 Å². The van der Waals surface area contributed by atoms with Crippen molar-refractivity contribution in [2.45, 2.75) is 51.5 Å². The fourth-order valence-corrected chi connectivity index (χ4v) is 2.89. The summed E-state index contributed by atoms with van der Waals surface area (Å²) in [7, 11) is 0. The first kappa shape index (κ1) is 20.5. The highest BCUT2D eigenvalue weighted by Gasteiger charge is 2.26. The lowest BCUT2D eigenvalue weighted by molar-refractivity contribution is -0.137. The molecule has 6 nitrogen and oxygen atoms in total. The van der Waals surface area contributed by atoms with Crippen molar-refractivity contribution in [3.63, 3.8) is 0 Å². The highest BCUT2D eigenvalue weighted by atomic mass is 19.1. The second kappa shape index (κ2) is 9.75. The van der Waals surface area contributed by atoms with Gasteiger partial charge in [0.05, 0.1) is 23.2 Å². The smallest absolute Gasteiger partial charge is 0.303 e. The Hall–Kier alpha value is -2.83. The summed E-state index contributed by atoms with van der Waals surface area (Å²) in [6, 6.07) is -0.257. The Morgan fingerprint density at radius 3 is 2.78 bits per heavy atom. The maximum Gasteiger partial charge on any atom is 0.303 e. The Morgan fingerprint density at radius 1 is 1.33 bits per heavy atom. The average Bonchev–Trinajstić information content (AvgIpc) is 2.64. The van der Waals surface area contributed by atoms with Gasteiger partial charge in [-0.3, -0.25) is 19.6 Å². The summed E-state index contributed by atoms with van der Waals surface area (Å²) < 4.78 is 13.3. The highest BCUT2D eigenvalue weighted by molar-refractivity contribution is 6.43. The molecule has 0 aromatic heterocycles. The summed E-state index contributed by atoms with van der Waals surface area (Å²) in [4.78, 5) is 31.5. The molecule has 0 saturated heterocycles. The maximum atomic E-state index is 13.3. The van der Waals surface area contributed by atoms with Crippen molar-refractivity contribution in [3.05, 3.63) is 47.5 Å².